The summed E-state index contributed by atoms with van der Waals surface area (Å²) in [6.45, 7) is 14.4. The Balaban J connectivity index is -0.000000152. The van der Waals surface area contributed by atoms with Gasteiger partial charge in [-0.3, -0.25) is 0 Å². The van der Waals surface area contributed by atoms with Gasteiger partial charge in [0.2, 0.25) is 0 Å². The summed E-state index contributed by atoms with van der Waals surface area (Å²) in [6, 6.07) is 0. The minimum atomic E-state index is -2.28. The fourth-order valence-corrected chi connectivity index (χ4v) is 6.98. The maximum atomic E-state index is 4.99. The third kappa shape index (κ3) is 31.5. The molecule has 0 amide bonds. The first-order valence-corrected chi connectivity index (χ1v) is 19.1. The average Bonchev–Trinajstić information content (AvgIpc) is 2.47. The SMILES string of the molecule is CCOP(=S)([S-])OCC.CCOP(=S)([S-])OCC.CCOP(=S)([S-])OCC.[Fe+3]. The van der Waals surface area contributed by atoms with Gasteiger partial charge < -0.3 is 63.9 Å². The molecule has 16 heteroatoms. The molecule has 0 spiro atoms. The number of hydrogen-bond acceptors (Lipinski definition) is 12. The van der Waals surface area contributed by atoms with Crippen molar-refractivity contribution in [1.82, 2.24) is 0 Å². The Morgan fingerprint density at radius 1 is 0.464 bits per heavy atom. The Bertz CT molecular complexity index is 394. The first-order valence-electron chi connectivity index (χ1n) is 8.17. The minimum absolute atomic E-state index is 0. The summed E-state index contributed by atoms with van der Waals surface area (Å²) < 4.78 is 29.9. The van der Waals surface area contributed by atoms with Crippen molar-refractivity contribution in [3.05, 3.63) is 0 Å². The molecule has 0 aliphatic rings. The van der Waals surface area contributed by atoms with E-state index in [4.69, 9.17) is 99.3 Å². The summed E-state index contributed by atoms with van der Waals surface area (Å²) in [5.41, 5.74) is -6.83. The second kappa shape index (κ2) is 23.4. The summed E-state index contributed by atoms with van der Waals surface area (Å²) >= 11 is 28.9. The van der Waals surface area contributed by atoms with Crippen molar-refractivity contribution in [3.8, 4) is 0 Å². The molecular formula is C12H30FeO6P3S6. The van der Waals surface area contributed by atoms with Gasteiger partial charge in [-0.25, -0.2) is 0 Å². The third-order valence-corrected chi connectivity index (χ3v) is 8.96. The summed E-state index contributed by atoms with van der Waals surface area (Å²) in [6.07, 6.45) is 0. The van der Waals surface area contributed by atoms with Gasteiger partial charge in [0.25, 0.3) is 0 Å². The van der Waals surface area contributed by atoms with Gasteiger partial charge in [-0.15, -0.1) is 0 Å². The van der Waals surface area contributed by atoms with E-state index >= 15 is 0 Å². The quantitative estimate of drug-likeness (QED) is 0.159. The summed E-state index contributed by atoms with van der Waals surface area (Å²) in [5.74, 6) is 0. The fraction of sp³-hybridized carbons (Fsp3) is 1.00. The average molecular weight is 612 g/mol. The second-order valence-electron chi connectivity index (χ2n) is 3.85. The van der Waals surface area contributed by atoms with Gasteiger partial charge in [-0.2, -0.15) is 0 Å². The van der Waals surface area contributed by atoms with E-state index in [0.29, 0.717) is 39.6 Å². The zero-order chi connectivity index (χ0) is 22.0. The first-order chi connectivity index (χ1) is 12.4. The summed E-state index contributed by atoms with van der Waals surface area (Å²) in [7, 11) is 0. The molecule has 1 radical (unpaired) electrons. The van der Waals surface area contributed by atoms with Gasteiger partial charge in [-0.1, -0.05) is 35.4 Å². The van der Waals surface area contributed by atoms with Crippen molar-refractivity contribution in [1.29, 1.82) is 0 Å². The Morgan fingerprint density at radius 3 is 0.643 bits per heavy atom. The first kappa shape index (κ1) is 38.5. The topological polar surface area (TPSA) is 55.4 Å². The summed E-state index contributed by atoms with van der Waals surface area (Å²) in [4.78, 5) is 0. The fourth-order valence-electron chi connectivity index (χ4n) is 1.06. The van der Waals surface area contributed by atoms with E-state index < -0.39 is 17.1 Å². The van der Waals surface area contributed by atoms with E-state index in [0.717, 1.165) is 0 Å². The molecular weight excluding hydrogens is 581 g/mol. The summed E-state index contributed by atoms with van der Waals surface area (Å²) in [5, 5.41) is 0. The van der Waals surface area contributed by atoms with Gasteiger partial charge >= 0.3 is 17.1 Å². The molecule has 0 aromatic rings. The van der Waals surface area contributed by atoms with Gasteiger partial charge in [0.1, 0.15) is 0 Å². The van der Waals surface area contributed by atoms with Gasteiger partial charge in [0.15, 0.2) is 0 Å². The zero-order valence-electron chi connectivity index (χ0n) is 16.8. The molecule has 173 valence electrons. The monoisotopic (exact) mass is 611 g/mol. The Morgan fingerprint density at radius 2 is 0.571 bits per heavy atom. The van der Waals surface area contributed by atoms with Crippen molar-refractivity contribution in [3.63, 3.8) is 0 Å². The standard InChI is InChI=1S/3C4H11O2PS2.Fe/c3*1-3-5-7(8,9)6-4-2;/h3*3-4H2,1-2H3,(H,8,9);/q;;;+3/p-3. The molecule has 0 rings (SSSR count). The molecule has 0 aliphatic carbocycles. The maximum absolute atomic E-state index is 4.99. The van der Waals surface area contributed by atoms with E-state index in [1.54, 1.807) is 0 Å². The second-order valence-corrected chi connectivity index (χ2v) is 18.8. The van der Waals surface area contributed by atoms with Crippen LogP contribution in [0.1, 0.15) is 41.5 Å². The minimum Gasteiger partial charge on any atom is -0.691 e. The molecule has 0 fully saturated rings. The van der Waals surface area contributed by atoms with Gasteiger partial charge in [0.05, 0.1) is 17.1 Å². The van der Waals surface area contributed by atoms with Crippen LogP contribution in [0.5, 0.6) is 0 Å². The Hall–Kier alpha value is 3.28. The molecule has 6 nitrogen and oxygen atoms in total. The molecule has 0 saturated carbocycles. The molecule has 28 heavy (non-hydrogen) atoms. The zero-order valence-corrected chi connectivity index (χ0v) is 25.5. The molecule has 0 N–H and O–H groups in total. The van der Waals surface area contributed by atoms with Crippen LogP contribution in [0.4, 0.5) is 0 Å². The van der Waals surface area contributed by atoms with Crippen LogP contribution < -0.4 is 0 Å². The van der Waals surface area contributed by atoms with Crippen LogP contribution in [0.2, 0.25) is 0 Å². The normalized spacial score (nSPS) is 11.5. The van der Waals surface area contributed by atoms with Crippen molar-refractivity contribution in [2.75, 3.05) is 39.6 Å². The Labute approximate surface area is 213 Å². The van der Waals surface area contributed by atoms with Crippen LogP contribution in [-0.4, -0.2) is 39.6 Å². The molecule has 0 unspecified atom stereocenters. The van der Waals surface area contributed by atoms with Crippen LogP contribution in [0.25, 0.3) is 0 Å². The van der Waals surface area contributed by atoms with E-state index in [1.165, 1.54) is 0 Å². The largest absolute Gasteiger partial charge is 3.00 e. The van der Waals surface area contributed by atoms with Crippen molar-refractivity contribution < 1.29 is 44.2 Å². The number of rotatable bonds is 12. The van der Waals surface area contributed by atoms with E-state index in [9.17, 15) is 0 Å². The predicted octanol–water partition coefficient (Wildman–Crippen LogP) is 5.49. The van der Waals surface area contributed by atoms with Crippen LogP contribution in [0.3, 0.4) is 0 Å². The van der Waals surface area contributed by atoms with Crippen LogP contribution in [0.15, 0.2) is 0 Å². The molecule has 0 aromatic carbocycles. The number of hydrogen-bond donors (Lipinski definition) is 0. The molecule has 0 bridgehead atoms. The van der Waals surface area contributed by atoms with Crippen LogP contribution >= 0.6 is 17.1 Å². The van der Waals surface area contributed by atoms with Crippen LogP contribution in [-0.2, 0) is 116 Å². The van der Waals surface area contributed by atoms with E-state index in [2.05, 4.69) is 0 Å². The molecule has 0 heterocycles. The van der Waals surface area contributed by atoms with Crippen LogP contribution in [0, 0.1) is 0 Å². The molecule has 0 aliphatic heterocycles. The molecule has 0 aromatic heterocycles. The van der Waals surface area contributed by atoms with Crippen molar-refractivity contribution in [2.24, 2.45) is 0 Å². The van der Waals surface area contributed by atoms with E-state index in [-0.39, 0.29) is 17.1 Å². The third-order valence-electron chi connectivity index (χ3n) is 1.72. The molecule has 0 atom stereocenters. The Kier molecular flexibility index (Phi) is 32.3. The van der Waals surface area contributed by atoms with Gasteiger partial charge in [-0.05, 0) is 41.5 Å². The van der Waals surface area contributed by atoms with Gasteiger partial charge in [0, 0.05) is 39.6 Å². The predicted molar refractivity (Wildman–Crippen MR) is 135 cm³/mol. The van der Waals surface area contributed by atoms with E-state index in [1.807, 2.05) is 41.5 Å². The van der Waals surface area contributed by atoms with Crippen molar-refractivity contribution in [2.45, 2.75) is 41.5 Å². The molecule has 0 saturated heterocycles. The maximum Gasteiger partial charge on any atom is 3.00 e. The van der Waals surface area contributed by atoms with Crippen molar-refractivity contribution >= 4 is 89.2 Å². The smallest absolute Gasteiger partial charge is 0.691 e.